The molecule has 5 heterocycles. The molecule has 3 aromatic heterocycles. The average molecular weight is 905 g/mol. The summed E-state index contributed by atoms with van der Waals surface area (Å²) >= 11 is 0. The number of carbonyl (C=O) groups is 1. The molecule has 0 bridgehead atoms. The van der Waals surface area contributed by atoms with Crippen LogP contribution in [0, 0.1) is 21.4 Å². The molecule has 0 unspecified atom stereocenters. The number of hydrogen-bond donors (Lipinski definition) is 4. The van der Waals surface area contributed by atoms with Gasteiger partial charge in [-0.25, -0.2) is 23.1 Å². The molecule has 1 atom stereocenters. The molecule has 5 fully saturated rings. The number of piperidine rings is 1. The van der Waals surface area contributed by atoms with E-state index >= 15 is 0 Å². The summed E-state index contributed by atoms with van der Waals surface area (Å²) in [7, 11) is -4.63. The van der Waals surface area contributed by atoms with E-state index in [0.29, 0.717) is 42.7 Å². The molecule has 2 aromatic carbocycles. The van der Waals surface area contributed by atoms with Crippen LogP contribution < -0.4 is 19.7 Å². The second-order valence-electron chi connectivity index (χ2n) is 19.2. The zero-order chi connectivity index (χ0) is 44.9. The summed E-state index contributed by atoms with van der Waals surface area (Å²) in [5, 5.41) is 26.2. The lowest BCUT2D eigenvalue weighted by Gasteiger charge is -2.57. The van der Waals surface area contributed by atoms with Gasteiger partial charge in [0.15, 0.2) is 0 Å². The number of nitrogens with zero attached hydrogens (tertiary/aromatic N) is 5. The van der Waals surface area contributed by atoms with E-state index in [4.69, 9.17) is 9.47 Å². The minimum absolute atomic E-state index is 0.0441. The topological polar surface area (TPSA) is 205 Å². The number of aromatic amines is 1. The van der Waals surface area contributed by atoms with E-state index in [1.54, 1.807) is 37.4 Å². The Labute approximate surface area is 378 Å². The highest BCUT2D eigenvalue weighted by Gasteiger charge is 2.50. The minimum Gasteiger partial charge on any atom is -0.455 e. The standard InChI is InChI=1S/C48H56N8O8S/c1-47(58)13-10-31(11-14-47)27-50-45-41(56(59)60)24-37(29-52-45)65(61,62)53-46(57)40-9-8-34(23-43(40)64-36-22-33-12-17-49-44(33)51-28-36)54-18-15-48(16-19-54)25-35(26-48)55-20-21-63-30-42(55)39-5-3-2-4-38(39)32-6-7-32/h2-5,8-9,12,17,22-24,28-29,31-32,35,42,58H,6-7,10-11,13-16,18-21,25-27,30H2,1H3,(H,49,51)(H,50,52)(H,53,57)/t31?,42-,47?/m1/s1. The van der Waals surface area contributed by atoms with Crippen LogP contribution in [0.2, 0.25) is 0 Å². The monoisotopic (exact) mass is 904 g/mol. The van der Waals surface area contributed by atoms with Crippen LogP contribution in [0.5, 0.6) is 11.5 Å². The van der Waals surface area contributed by atoms with Gasteiger partial charge in [0, 0.05) is 61.6 Å². The third kappa shape index (κ3) is 9.15. The van der Waals surface area contributed by atoms with Crippen LogP contribution in [0.1, 0.15) is 105 Å². The zero-order valence-electron chi connectivity index (χ0n) is 36.6. The van der Waals surface area contributed by atoms with Gasteiger partial charge in [0.1, 0.15) is 22.0 Å². The molecular formula is C48H56N8O8S. The number of anilines is 2. The SMILES string of the molecule is CC1(O)CCC(CNc2ncc(S(=O)(=O)NC(=O)c3ccc(N4CCC5(CC4)CC(N4CCOC[C@@H]4c4ccccc4C4CC4)C5)cc3Oc3cnc4[nH]ccc4c3)cc2[N+](=O)[O-])CC1. The number of morpholine rings is 1. The highest BCUT2D eigenvalue weighted by atomic mass is 32.2. The summed E-state index contributed by atoms with van der Waals surface area (Å²) in [5.41, 5.74) is 3.40. The first kappa shape index (κ1) is 43.3. The molecule has 2 aliphatic heterocycles. The Kier molecular flexibility index (Phi) is 11.5. The number of ether oxygens (including phenoxy) is 2. The molecule has 5 aromatic rings. The molecule has 5 aliphatic rings. The van der Waals surface area contributed by atoms with Gasteiger partial charge in [-0.05, 0) is 124 Å². The molecule has 4 N–H and O–H groups in total. The summed E-state index contributed by atoms with van der Waals surface area (Å²) in [6.07, 6.45) is 13.9. The van der Waals surface area contributed by atoms with Gasteiger partial charge in [0.05, 0.1) is 47.7 Å². The summed E-state index contributed by atoms with van der Waals surface area (Å²) in [6.45, 7) is 6.26. The average Bonchev–Trinajstić information content (AvgIpc) is 4.04. The van der Waals surface area contributed by atoms with Crippen LogP contribution in [-0.4, -0.2) is 95.2 Å². The van der Waals surface area contributed by atoms with Crippen molar-refractivity contribution < 1.29 is 32.7 Å². The highest BCUT2D eigenvalue weighted by Crippen LogP contribution is 2.54. The maximum atomic E-state index is 14.0. The first-order valence-electron chi connectivity index (χ1n) is 22.9. The number of nitro groups is 1. The van der Waals surface area contributed by atoms with Crippen LogP contribution in [-0.2, 0) is 14.8 Å². The molecule has 3 aliphatic carbocycles. The first-order valence-corrected chi connectivity index (χ1v) is 24.4. The molecule has 1 spiro atoms. The second-order valence-corrected chi connectivity index (χ2v) is 20.9. The number of rotatable bonds is 13. The number of H-pyrrole nitrogens is 1. The fraction of sp³-hybridized carbons (Fsp3) is 0.479. The molecule has 17 heteroatoms. The van der Waals surface area contributed by atoms with Gasteiger partial charge in [-0.1, -0.05) is 24.3 Å². The van der Waals surface area contributed by atoms with E-state index < -0.39 is 37.0 Å². The highest BCUT2D eigenvalue weighted by molar-refractivity contribution is 7.90. The number of hydrogen-bond acceptors (Lipinski definition) is 13. The predicted octanol–water partition coefficient (Wildman–Crippen LogP) is 7.83. The maximum absolute atomic E-state index is 14.0. The van der Waals surface area contributed by atoms with Crippen molar-refractivity contribution in [1.29, 1.82) is 0 Å². The summed E-state index contributed by atoms with van der Waals surface area (Å²) in [6, 6.07) is 19.4. The lowest BCUT2D eigenvalue weighted by Crippen LogP contribution is -2.58. The van der Waals surface area contributed by atoms with Crippen molar-refractivity contribution in [2.24, 2.45) is 11.3 Å². The number of aromatic nitrogens is 3. The number of nitrogens with one attached hydrogen (secondary N) is 3. The number of benzene rings is 2. The molecule has 1 amide bonds. The maximum Gasteiger partial charge on any atom is 0.312 e. The van der Waals surface area contributed by atoms with Crippen molar-refractivity contribution in [1.82, 2.24) is 24.6 Å². The summed E-state index contributed by atoms with van der Waals surface area (Å²) in [5.74, 6) is 0.287. The summed E-state index contributed by atoms with van der Waals surface area (Å²) in [4.78, 5) is 41.5. The van der Waals surface area contributed by atoms with Gasteiger partial charge in [-0.15, -0.1) is 0 Å². The van der Waals surface area contributed by atoms with Gasteiger partial charge >= 0.3 is 5.69 Å². The van der Waals surface area contributed by atoms with Crippen LogP contribution in [0.4, 0.5) is 17.2 Å². The molecule has 342 valence electrons. The molecular weight excluding hydrogens is 849 g/mol. The van der Waals surface area contributed by atoms with Crippen LogP contribution in [0.25, 0.3) is 11.0 Å². The fourth-order valence-corrected chi connectivity index (χ4v) is 11.6. The lowest BCUT2D eigenvalue weighted by molar-refractivity contribution is -0.384. The molecule has 16 nitrogen and oxygen atoms in total. The zero-order valence-corrected chi connectivity index (χ0v) is 37.4. The number of carbonyl (C=O) groups excluding carboxylic acids is 1. The molecule has 0 radical (unpaired) electrons. The van der Waals surface area contributed by atoms with Gasteiger partial charge in [0.25, 0.3) is 15.9 Å². The Hall–Kier alpha value is -5.62. The Morgan fingerprint density at radius 1 is 0.985 bits per heavy atom. The quantitative estimate of drug-likeness (QED) is 0.0658. The van der Waals surface area contributed by atoms with Crippen molar-refractivity contribution in [3.05, 3.63) is 106 Å². The van der Waals surface area contributed by atoms with Crippen LogP contribution >= 0.6 is 0 Å². The molecule has 65 heavy (non-hydrogen) atoms. The minimum atomic E-state index is -4.63. The Balaban J connectivity index is 0.835. The van der Waals surface area contributed by atoms with Crippen molar-refractivity contribution in [3.8, 4) is 11.5 Å². The van der Waals surface area contributed by atoms with Crippen molar-refractivity contribution >= 4 is 44.2 Å². The smallest absolute Gasteiger partial charge is 0.312 e. The number of amides is 1. The lowest BCUT2D eigenvalue weighted by atomic mass is 9.59. The first-order chi connectivity index (χ1) is 31.3. The van der Waals surface area contributed by atoms with Gasteiger partial charge < -0.3 is 29.8 Å². The van der Waals surface area contributed by atoms with Crippen LogP contribution in [0.15, 0.2) is 84.1 Å². The van der Waals surface area contributed by atoms with Crippen molar-refractivity contribution in [2.45, 2.75) is 99.6 Å². The van der Waals surface area contributed by atoms with Crippen LogP contribution in [0.3, 0.4) is 0 Å². The van der Waals surface area contributed by atoms with Crippen molar-refractivity contribution in [3.63, 3.8) is 0 Å². The Morgan fingerprint density at radius 2 is 1.75 bits per heavy atom. The van der Waals surface area contributed by atoms with Crippen molar-refractivity contribution in [2.75, 3.05) is 49.6 Å². The second kappa shape index (κ2) is 17.3. The Bertz CT molecular complexity index is 2700. The largest absolute Gasteiger partial charge is 0.455 e. The number of pyridine rings is 2. The fourth-order valence-electron chi connectivity index (χ4n) is 10.6. The van der Waals surface area contributed by atoms with E-state index in [1.807, 2.05) is 6.07 Å². The third-order valence-corrected chi connectivity index (χ3v) is 16.0. The molecule has 2 saturated heterocycles. The third-order valence-electron chi connectivity index (χ3n) is 14.7. The number of fused-ring (bicyclic) bond motifs is 1. The van der Waals surface area contributed by atoms with Gasteiger partial charge in [0.2, 0.25) is 5.82 Å². The molecule has 10 rings (SSSR count). The van der Waals surface area contributed by atoms with E-state index in [0.717, 1.165) is 94.7 Å². The predicted molar refractivity (Wildman–Crippen MR) is 245 cm³/mol. The Morgan fingerprint density at radius 3 is 2.51 bits per heavy atom. The van der Waals surface area contributed by atoms with E-state index in [2.05, 4.69) is 59.1 Å². The number of aliphatic hydroxyl groups is 1. The van der Waals surface area contributed by atoms with E-state index in [1.165, 1.54) is 30.2 Å². The van der Waals surface area contributed by atoms with Gasteiger partial charge in [-0.2, -0.15) is 0 Å². The molecule has 3 saturated carbocycles. The van der Waals surface area contributed by atoms with E-state index in [9.17, 15) is 28.4 Å². The van der Waals surface area contributed by atoms with Gasteiger partial charge in [-0.3, -0.25) is 19.8 Å². The van der Waals surface area contributed by atoms with E-state index in [-0.39, 0.29) is 34.5 Å². The normalized spacial score (nSPS) is 23.8. The summed E-state index contributed by atoms with van der Waals surface area (Å²) < 4.78 is 41.9. The number of sulfonamides is 1.